The van der Waals surface area contributed by atoms with Gasteiger partial charge in [0.05, 0.1) is 19.1 Å². The van der Waals surface area contributed by atoms with Crippen molar-refractivity contribution in [2.24, 2.45) is 0 Å². The summed E-state index contributed by atoms with van der Waals surface area (Å²) in [4.78, 5) is 0.406. The van der Waals surface area contributed by atoms with Crippen molar-refractivity contribution in [2.45, 2.75) is 50.0 Å². The summed E-state index contributed by atoms with van der Waals surface area (Å²) in [6.07, 6.45) is 4.99. The average molecular weight is 402 g/mol. The van der Waals surface area contributed by atoms with Gasteiger partial charge in [0.25, 0.3) is 0 Å². The lowest BCUT2D eigenvalue weighted by Crippen LogP contribution is -2.38. The first-order valence-corrected chi connectivity index (χ1v) is 11.3. The second-order valence-electron chi connectivity index (χ2n) is 7.59. The van der Waals surface area contributed by atoms with Crippen LogP contribution in [0.15, 0.2) is 35.2 Å². The predicted molar refractivity (Wildman–Crippen MR) is 109 cm³/mol. The molecule has 1 aliphatic heterocycles. The van der Waals surface area contributed by atoms with Crippen LogP contribution in [0.4, 0.5) is 0 Å². The Morgan fingerprint density at radius 2 is 1.57 bits per heavy atom. The molecule has 0 N–H and O–H groups in total. The molecule has 2 aromatic rings. The summed E-state index contributed by atoms with van der Waals surface area (Å²) in [6.45, 7) is 2.41. The first kappa shape index (κ1) is 19.3. The highest BCUT2D eigenvalue weighted by molar-refractivity contribution is 7.89. The number of hydrogen-bond acceptors (Lipinski definition) is 4. The highest BCUT2D eigenvalue weighted by atomic mass is 32.2. The summed E-state index contributed by atoms with van der Waals surface area (Å²) < 4.78 is 39.3. The Kier molecular flexibility index (Phi) is 5.10. The summed E-state index contributed by atoms with van der Waals surface area (Å²) in [6, 6.07) is 9.28. The monoisotopic (exact) mass is 401 g/mol. The lowest BCUT2D eigenvalue weighted by molar-refractivity contribution is 0.319. The third-order valence-corrected chi connectivity index (χ3v) is 8.02. The molecule has 6 heteroatoms. The minimum Gasteiger partial charge on any atom is -0.493 e. The van der Waals surface area contributed by atoms with Crippen molar-refractivity contribution in [3.05, 3.63) is 52.6 Å². The molecule has 0 fully saturated rings. The second kappa shape index (κ2) is 7.41. The van der Waals surface area contributed by atoms with E-state index < -0.39 is 10.0 Å². The zero-order valence-corrected chi connectivity index (χ0v) is 17.5. The van der Waals surface area contributed by atoms with Crippen molar-refractivity contribution >= 4 is 10.0 Å². The molecule has 1 heterocycles. The van der Waals surface area contributed by atoms with Gasteiger partial charge in [0.2, 0.25) is 10.0 Å². The molecule has 1 aliphatic carbocycles. The van der Waals surface area contributed by atoms with E-state index in [9.17, 15) is 8.42 Å². The van der Waals surface area contributed by atoms with Crippen molar-refractivity contribution in [3.63, 3.8) is 0 Å². The third kappa shape index (κ3) is 3.18. The van der Waals surface area contributed by atoms with E-state index in [0.717, 1.165) is 30.4 Å². The van der Waals surface area contributed by atoms with E-state index in [2.05, 4.69) is 0 Å². The molecule has 2 aromatic carbocycles. The standard InChI is InChI=1S/C22H27NO4S/c1-15-20-14-22(27-3)21(26-2)13-18(20)10-11-23(15)28(24,25)19-9-8-16-6-4-5-7-17(16)12-19/h8-9,12-15H,4-7,10-11H2,1-3H3. The Balaban J connectivity index is 1.70. The van der Waals surface area contributed by atoms with Crippen LogP contribution < -0.4 is 9.47 Å². The molecule has 0 saturated heterocycles. The molecular weight excluding hydrogens is 374 g/mol. The van der Waals surface area contributed by atoms with Crippen molar-refractivity contribution in [2.75, 3.05) is 20.8 Å². The van der Waals surface area contributed by atoms with Gasteiger partial charge in [-0.1, -0.05) is 6.07 Å². The van der Waals surface area contributed by atoms with Crippen molar-refractivity contribution in [1.29, 1.82) is 0 Å². The molecule has 150 valence electrons. The number of rotatable bonds is 4. The van der Waals surface area contributed by atoms with Crippen LogP contribution in [0.3, 0.4) is 0 Å². The summed E-state index contributed by atoms with van der Waals surface area (Å²) in [5.74, 6) is 1.31. The van der Waals surface area contributed by atoms with Gasteiger partial charge >= 0.3 is 0 Å². The van der Waals surface area contributed by atoms with Crippen LogP contribution in [0, 0.1) is 0 Å². The summed E-state index contributed by atoms with van der Waals surface area (Å²) >= 11 is 0. The zero-order valence-electron chi connectivity index (χ0n) is 16.7. The molecule has 5 nitrogen and oxygen atoms in total. The third-order valence-electron chi connectivity index (χ3n) is 6.06. The SMILES string of the molecule is COc1cc2c(cc1OC)C(C)N(S(=O)(=O)c1ccc3c(c1)CCCC3)CC2. The fourth-order valence-corrected chi connectivity index (χ4v) is 6.12. The number of nitrogens with zero attached hydrogens (tertiary/aromatic N) is 1. The minimum atomic E-state index is -3.56. The van der Waals surface area contributed by atoms with Crippen LogP contribution in [0.5, 0.6) is 11.5 Å². The Bertz CT molecular complexity index is 1000. The predicted octanol–water partition coefficient (Wildman–Crippen LogP) is 3.89. The highest BCUT2D eigenvalue weighted by Gasteiger charge is 2.35. The highest BCUT2D eigenvalue weighted by Crippen LogP contribution is 2.40. The second-order valence-corrected chi connectivity index (χ2v) is 9.48. The number of methoxy groups -OCH3 is 2. The van der Waals surface area contributed by atoms with Crippen LogP contribution in [-0.4, -0.2) is 33.5 Å². The number of aryl methyl sites for hydroxylation is 2. The molecule has 0 radical (unpaired) electrons. The van der Waals surface area contributed by atoms with Gasteiger partial charge in [-0.3, -0.25) is 0 Å². The summed E-state index contributed by atoms with van der Waals surface area (Å²) in [5, 5.41) is 0. The average Bonchev–Trinajstić information content (AvgIpc) is 2.72. The lowest BCUT2D eigenvalue weighted by Gasteiger charge is -2.35. The number of ether oxygens (including phenoxy) is 2. The van der Waals surface area contributed by atoms with E-state index in [1.807, 2.05) is 31.2 Å². The van der Waals surface area contributed by atoms with E-state index in [4.69, 9.17) is 9.47 Å². The molecule has 2 aliphatic rings. The van der Waals surface area contributed by atoms with Crippen molar-refractivity contribution < 1.29 is 17.9 Å². The van der Waals surface area contributed by atoms with E-state index in [1.54, 1.807) is 24.6 Å². The van der Waals surface area contributed by atoms with E-state index in [0.29, 0.717) is 29.4 Å². The van der Waals surface area contributed by atoms with E-state index in [-0.39, 0.29) is 6.04 Å². The maximum atomic E-state index is 13.4. The molecule has 0 saturated carbocycles. The Labute approximate surface area is 167 Å². The van der Waals surface area contributed by atoms with Crippen LogP contribution in [-0.2, 0) is 29.3 Å². The Hall–Kier alpha value is -2.05. The van der Waals surface area contributed by atoms with E-state index in [1.165, 1.54) is 17.5 Å². The fourth-order valence-electron chi connectivity index (χ4n) is 4.46. The summed E-state index contributed by atoms with van der Waals surface area (Å²) in [5.41, 5.74) is 4.57. The van der Waals surface area contributed by atoms with Crippen molar-refractivity contribution in [3.8, 4) is 11.5 Å². The molecular formula is C22H27NO4S. The van der Waals surface area contributed by atoms with Crippen molar-refractivity contribution in [1.82, 2.24) is 4.31 Å². The summed E-state index contributed by atoms with van der Waals surface area (Å²) in [7, 11) is -0.350. The van der Waals surface area contributed by atoms with Gasteiger partial charge < -0.3 is 9.47 Å². The van der Waals surface area contributed by atoms with Gasteiger partial charge in [-0.05, 0) is 85.5 Å². The topological polar surface area (TPSA) is 55.8 Å². The lowest BCUT2D eigenvalue weighted by atomic mass is 9.92. The van der Waals surface area contributed by atoms with Gasteiger partial charge in [0.1, 0.15) is 0 Å². The van der Waals surface area contributed by atoms with Crippen LogP contribution in [0.25, 0.3) is 0 Å². The number of benzene rings is 2. The van der Waals surface area contributed by atoms with Crippen LogP contribution >= 0.6 is 0 Å². The molecule has 28 heavy (non-hydrogen) atoms. The molecule has 1 atom stereocenters. The van der Waals surface area contributed by atoms with Gasteiger partial charge in [-0.2, -0.15) is 4.31 Å². The van der Waals surface area contributed by atoms with Gasteiger partial charge in [-0.25, -0.2) is 8.42 Å². The maximum Gasteiger partial charge on any atom is 0.243 e. The molecule has 4 rings (SSSR count). The Morgan fingerprint density at radius 1 is 0.893 bits per heavy atom. The molecule has 0 amide bonds. The largest absolute Gasteiger partial charge is 0.493 e. The van der Waals surface area contributed by atoms with Gasteiger partial charge in [0, 0.05) is 12.6 Å². The first-order chi connectivity index (χ1) is 13.5. The van der Waals surface area contributed by atoms with Gasteiger partial charge in [0.15, 0.2) is 11.5 Å². The smallest absolute Gasteiger partial charge is 0.243 e. The first-order valence-electron chi connectivity index (χ1n) is 9.84. The quantitative estimate of drug-likeness (QED) is 0.780. The number of hydrogen-bond donors (Lipinski definition) is 0. The van der Waals surface area contributed by atoms with E-state index >= 15 is 0 Å². The number of fused-ring (bicyclic) bond motifs is 2. The molecule has 1 unspecified atom stereocenters. The normalized spacial score (nSPS) is 19.6. The number of sulfonamides is 1. The zero-order chi connectivity index (χ0) is 19.9. The molecule has 0 aromatic heterocycles. The fraction of sp³-hybridized carbons (Fsp3) is 0.455. The molecule has 0 bridgehead atoms. The van der Waals surface area contributed by atoms with Gasteiger partial charge in [-0.15, -0.1) is 0 Å². The minimum absolute atomic E-state index is 0.260. The van der Waals surface area contributed by atoms with Crippen LogP contribution in [0.1, 0.15) is 48.1 Å². The Morgan fingerprint density at radius 3 is 2.29 bits per heavy atom. The van der Waals surface area contributed by atoms with Crippen LogP contribution in [0.2, 0.25) is 0 Å². The molecule has 0 spiro atoms. The maximum absolute atomic E-state index is 13.4.